The summed E-state index contributed by atoms with van der Waals surface area (Å²) in [6.07, 6.45) is 3.66. The number of nitrogens with one attached hydrogen (secondary N) is 1. The fraction of sp³-hybridized carbons (Fsp3) is 0.440. The number of carbonyl (C=O) groups excluding carboxylic acids is 2. The molecule has 0 aromatic heterocycles. The highest BCUT2D eigenvalue weighted by Gasteiger charge is 2.46. The molecule has 1 aliphatic rings. The molecule has 6 heteroatoms. The SMILES string of the molecule is CC(C)(C)OC(NN=C=O)C1(c2ccccc2)CCC(OC(=O)c2ccccc2)CC1. The Morgan fingerprint density at radius 2 is 1.65 bits per heavy atom. The molecule has 31 heavy (non-hydrogen) atoms. The molecule has 1 N–H and O–H groups in total. The van der Waals surface area contributed by atoms with Gasteiger partial charge in [-0.05, 0) is 64.2 Å². The van der Waals surface area contributed by atoms with Crippen LogP contribution in [0.1, 0.15) is 62.4 Å². The Morgan fingerprint density at radius 3 is 2.19 bits per heavy atom. The van der Waals surface area contributed by atoms with Gasteiger partial charge in [0, 0.05) is 5.41 Å². The number of isocyanates is 1. The van der Waals surface area contributed by atoms with Crippen LogP contribution in [0.15, 0.2) is 65.8 Å². The van der Waals surface area contributed by atoms with E-state index in [-0.39, 0.29) is 12.1 Å². The molecule has 6 nitrogen and oxygen atoms in total. The van der Waals surface area contributed by atoms with E-state index in [1.54, 1.807) is 18.2 Å². The van der Waals surface area contributed by atoms with Gasteiger partial charge in [0.2, 0.25) is 0 Å². The van der Waals surface area contributed by atoms with E-state index in [2.05, 4.69) is 22.7 Å². The standard InChI is InChI=1S/C25H30N2O4/c1-24(2,3)31-23(27-26-18-28)25(20-12-8-5-9-13-20)16-14-21(15-17-25)30-22(29)19-10-6-4-7-11-19/h4-13,21,23,27H,14-17H2,1-3H3. The Balaban J connectivity index is 1.82. The number of hydrazone groups is 1. The fourth-order valence-corrected chi connectivity index (χ4v) is 4.19. The van der Waals surface area contributed by atoms with E-state index in [1.165, 1.54) is 0 Å². The van der Waals surface area contributed by atoms with E-state index >= 15 is 0 Å². The van der Waals surface area contributed by atoms with Crippen molar-refractivity contribution in [1.82, 2.24) is 5.43 Å². The lowest BCUT2D eigenvalue weighted by Gasteiger charge is -2.46. The van der Waals surface area contributed by atoms with Crippen molar-refractivity contribution >= 4 is 12.0 Å². The quantitative estimate of drug-likeness (QED) is 0.230. The van der Waals surface area contributed by atoms with Crippen molar-refractivity contribution in [2.24, 2.45) is 5.10 Å². The van der Waals surface area contributed by atoms with Crippen LogP contribution in [-0.2, 0) is 19.7 Å². The number of rotatable bonds is 7. The summed E-state index contributed by atoms with van der Waals surface area (Å²) in [4.78, 5) is 23.3. The molecular weight excluding hydrogens is 392 g/mol. The lowest BCUT2D eigenvalue weighted by Crippen LogP contribution is -2.53. The zero-order valence-electron chi connectivity index (χ0n) is 18.3. The minimum Gasteiger partial charge on any atom is -0.459 e. The van der Waals surface area contributed by atoms with Gasteiger partial charge in [0.05, 0.1) is 11.2 Å². The third-order valence-corrected chi connectivity index (χ3v) is 5.66. The number of nitrogens with zero attached hydrogens (tertiary/aromatic N) is 1. The van der Waals surface area contributed by atoms with E-state index < -0.39 is 17.2 Å². The molecule has 0 spiro atoms. The second-order valence-electron chi connectivity index (χ2n) is 8.94. The van der Waals surface area contributed by atoms with Gasteiger partial charge in [-0.15, -0.1) is 0 Å². The number of hydrogen-bond acceptors (Lipinski definition) is 6. The van der Waals surface area contributed by atoms with Gasteiger partial charge in [-0.2, -0.15) is 0 Å². The molecule has 1 fully saturated rings. The minimum absolute atomic E-state index is 0.172. The van der Waals surface area contributed by atoms with E-state index in [4.69, 9.17) is 9.47 Å². The molecule has 0 heterocycles. The fourth-order valence-electron chi connectivity index (χ4n) is 4.19. The van der Waals surface area contributed by atoms with Crippen molar-refractivity contribution in [2.75, 3.05) is 0 Å². The molecular formula is C25H30N2O4. The molecule has 0 aliphatic heterocycles. The topological polar surface area (TPSA) is 77.0 Å². The molecule has 0 bridgehead atoms. The Kier molecular flexibility index (Phi) is 7.26. The maximum Gasteiger partial charge on any atom is 0.338 e. The number of benzene rings is 2. The predicted molar refractivity (Wildman–Crippen MR) is 118 cm³/mol. The van der Waals surface area contributed by atoms with Gasteiger partial charge >= 0.3 is 5.97 Å². The van der Waals surface area contributed by atoms with Crippen molar-refractivity contribution < 1.29 is 19.1 Å². The Labute approximate surface area is 183 Å². The zero-order valence-corrected chi connectivity index (χ0v) is 18.3. The molecule has 1 aliphatic carbocycles. The monoisotopic (exact) mass is 422 g/mol. The van der Waals surface area contributed by atoms with Gasteiger partial charge in [-0.1, -0.05) is 53.6 Å². The number of esters is 1. The Morgan fingerprint density at radius 1 is 1.06 bits per heavy atom. The highest BCUT2D eigenvalue weighted by molar-refractivity contribution is 5.89. The van der Waals surface area contributed by atoms with Crippen LogP contribution >= 0.6 is 0 Å². The molecule has 3 rings (SSSR count). The van der Waals surface area contributed by atoms with Gasteiger partial charge in [-0.25, -0.2) is 9.59 Å². The van der Waals surface area contributed by atoms with E-state index in [1.807, 2.05) is 57.2 Å². The second-order valence-corrected chi connectivity index (χ2v) is 8.94. The lowest BCUT2D eigenvalue weighted by atomic mass is 9.67. The number of ether oxygens (including phenoxy) is 2. The molecule has 1 atom stereocenters. The third-order valence-electron chi connectivity index (χ3n) is 5.66. The van der Waals surface area contributed by atoms with Crippen molar-refractivity contribution in [3.05, 3.63) is 71.8 Å². The van der Waals surface area contributed by atoms with Crippen LogP contribution in [0.4, 0.5) is 0 Å². The van der Waals surface area contributed by atoms with Gasteiger partial charge in [0.15, 0.2) is 6.23 Å². The van der Waals surface area contributed by atoms with Crippen molar-refractivity contribution in [3.8, 4) is 0 Å². The maximum atomic E-state index is 12.5. The molecule has 1 saturated carbocycles. The minimum atomic E-state index is -0.526. The maximum absolute atomic E-state index is 12.5. The second kappa shape index (κ2) is 9.90. The van der Waals surface area contributed by atoms with Crippen LogP contribution in [0.3, 0.4) is 0 Å². The van der Waals surface area contributed by atoms with Gasteiger partial charge in [0.1, 0.15) is 6.10 Å². The molecule has 164 valence electrons. The number of hydrogen-bond donors (Lipinski definition) is 1. The van der Waals surface area contributed by atoms with E-state index in [0.717, 1.165) is 5.56 Å². The summed E-state index contributed by atoms with van der Waals surface area (Å²) >= 11 is 0. The smallest absolute Gasteiger partial charge is 0.338 e. The van der Waals surface area contributed by atoms with Gasteiger partial charge in [0.25, 0.3) is 6.08 Å². The van der Waals surface area contributed by atoms with E-state index in [9.17, 15) is 9.59 Å². The van der Waals surface area contributed by atoms with Crippen molar-refractivity contribution in [1.29, 1.82) is 0 Å². The summed E-state index contributed by atoms with van der Waals surface area (Å²) in [5.41, 5.74) is 3.67. The van der Waals surface area contributed by atoms with E-state index in [0.29, 0.717) is 31.2 Å². The highest BCUT2D eigenvalue weighted by Crippen LogP contribution is 2.44. The largest absolute Gasteiger partial charge is 0.459 e. The number of carbonyl (C=O) groups is 1. The molecule has 0 amide bonds. The first kappa shape index (κ1) is 22.7. The summed E-state index contributed by atoms with van der Waals surface area (Å²) < 4.78 is 12.1. The normalized spacial score (nSPS) is 22.1. The average molecular weight is 423 g/mol. The molecule has 0 saturated heterocycles. The molecule has 2 aromatic rings. The van der Waals surface area contributed by atoms with Crippen LogP contribution in [-0.4, -0.2) is 30.0 Å². The molecule has 1 unspecified atom stereocenters. The van der Waals surface area contributed by atoms with Crippen LogP contribution in [0, 0.1) is 0 Å². The van der Waals surface area contributed by atoms with Crippen LogP contribution in [0.2, 0.25) is 0 Å². The van der Waals surface area contributed by atoms with Crippen LogP contribution in [0.25, 0.3) is 0 Å². The first-order valence-corrected chi connectivity index (χ1v) is 10.7. The zero-order chi connectivity index (χ0) is 22.3. The summed E-state index contributed by atoms with van der Waals surface area (Å²) in [6.45, 7) is 5.91. The Hall–Kier alpha value is -2.95. The summed E-state index contributed by atoms with van der Waals surface area (Å²) in [7, 11) is 0. The third kappa shape index (κ3) is 5.81. The predicted octanol–water partition coefficient (Wildman–Crippen LogP) is 4.71. The lowest BCUT2D eigenvalue weighted by molar-refractivity contribution is -0.123. The highest BCUT2D eigenvalue weighted by atomic mass is 16.5. The van der Waals surface area contributed by atoms with Crippen LogP contribution < -0.4 is 5.43 Å². The summed E-state index contributed by atoms with van der Waals surface area (Å²) in [6, 6.07) is 19.1. The van der Waals surface area contributed by atoms with Crippen molar-refractivity contribution in [2.45, 2.75) is 69.8 Å². The molecule has 2 aromatic carbocycles. The summed E-state index contributed by atoms with van der Waals surface area (Å²) in [5.74, 6) is -0.302. The van der Waals surface area contributed by atoms with Gasteiger partial charge in [-0.3, -0.25) is 5.43 Å². The first-order chi connectivity index (χ1) is 14.8. The van der Waals surface area contributed by atoms with Crippen molar-refractivity contribution in [3.63, 3.8) is 0 Å². The summed E-state index contributed by atoms with van der Waals surface area (Å²) in [5, 5.41) is 3.64. The first-order valence-electron chi connectivity index (χ1n) is 10.7. The van der Waals surface area contributed by atoms with Gasteiger partial charge < -0.3 is 9.47 Å². The average Bonchev–Trinajstić information content (AvgIpc) is 2.78. The van der Waals surface area contributed by atoms with Crippen LogP contribution in [0.5, 0.6) is 0 Å². The molecule has 0 radical (unpaired) electrons. The Bertz CT molecular complexity index is 894.